The molecular weight excluding hydrogens is 324 g/mol. The minimum absolute atomic E-state index is 0.0988. The first-order chi connectivity index (χ1) is 9.47. The Morgan fingerprint density at radius 3 is 2.90 bits per heavy atom. The first kappa shape index (κ1) is 14.8. The highest BCUT2D eigenvalue weighted by Crippen LogP contribution is 2.26. The number of rotatable bonds is 3. The van der Waals surface area contributed by atoms with E-state index in [1.54, 1.807) is 6.92 Å². The molecule has 6 heteroatoms. The highest BCUT2D eigenvalue weighted by molar-refractivity contribution is 9.10. The van der Waals surface area contributed by atoms with E-state index < -0.39 is 6.10 Å². The Hall–Kier alpha value is -1.56. The molecule has 0 unspecified atom stereocenters. The maximum atomic E-state index is 12.2. The van der Waals surface area contributed by atoms with Crippen molar-refractivity contribution in [3.05, 3.63) is 28.2 Å². The largest absolute Gasteiger partial charge is 0.480 e. The molecule has 1 N–H and O–H groups in total. The third kappa shape index (κ3) is 3.50. The van der Waals surface area contributed by atoms with E-state index in [0.717, 1.165) is 10.0 Å². The highest BCUT2D eigenvalue weighted by atomic mass is 79.9. The third-order valence-corrected chi connectivity index (χ3v) is 3.71. The number of aryl methyl sites for hydroxylation is 1. The van der Waals surface area contributed by atoms with E-state index in [1.165, 1.54) is 4.90 Å². The lowest BCUT2D eigenvalue weighted by Crippen LogP contribution is -2.53. The molecule has 1 aromatic rings. The van der Waals surface area contributed by atoms with Crippen LogP contribution < -0.4 is 10.1 Å². The molecule has 1 heterocycles. The van der Waals surface area contributed by atoms with Gasteiger partial charge in [-0.3, -0.25) is 9.59 Å². The molecular formula is C14H17BrN2O3. The molecule has 20 heavy (non-hydrogen) atoms. The fraction of sp³-hybridized carbons (Fsp3) is 0.429. The average Bonchev–Trinajstić information content (AvgIpc) is 2.41. The molecule has 0 spiro atoms. The maximum Gasteiger partial charge on any atom is 0.263 e. The van der Waals surface area contributed by atoms with Crippen molar-refractivity contribution in [2.24, 2.45) is 0 Å². The molecule has 0 aromatic heterocycles. The van der Waals surface area contributed by atoms with Gasteiger partial charge in [0.15, 0.2) is 6.10 Å². The van der Waals surface area contributed by atoms with Crippen LogP contribution in [0.3, 0.4) is 0 Å². The minimum atomic E-state index is -0.625. The number of amides is 2. The van der Waals surface area contributed by atoms with Crippen molar-refractivity contribution in [3.8, 4) is 5.75 Å². The fourth-order valence-electron chi connectivity index (χ4n) is 2.03. The number of halogens is 1. The molecule has 1 fully saturated rings. The van der Waals surface area contributed by atoms with Gasteiger partial charge in [-0.05, 0) is 47.5 Å². The Kier molecular flexibility index (Phi) is 4.65. The number of nitrogens with one attached hydrogen (secondary N) is 1. The van der Waals surface area contributed by atoms with Gasteiger partial charge in [0.25, 0.3) is 5.91 Å². The molecule has 1 atom stereocenters. The second-order valence-electron chi connectivity index (χ2n) is 4.80. The Bertz CT molecular complexity index is 533. The number of hydrogen-bond donors (Lipinski definition) is 1. The van der Waals surface area contributed by atoms with Crippen LogP contribution in [0.4, 0.5) is 0 Å². The Morgan fingerprint density at radius 1 is 1.50 bits per heavy atom. The van der Waals surface area contributed by atoms with Crippen LogP contribution in [0.25, 0.3) is 0 Å². The Labute approximate surface area is 126 Å². The van der Waals surface area contributed by atoms with Gasteiger partial charge in [-0.25, -0.2) is 0 Å². The van der Waals surface area contributed by atoms with Gasteiger partial charge in [0.05, 0.1) is 11.0 Å². The topological polar surface area (TPSA) is 58.6 Å². The molecule has 0 saturated carbocycles. The van der Waals surface area contributed by atoms with Crippen molar-refractivity contribution in [1.29, 1.82) is 0 Å². The van der Waals surface area contributed by atoms with Crippen LogP contribution >= 0.6 is 15.9 Å². The van der Waals surface area contributed by atoms with E-state index in [2.05, 4.69) is 21.2 Å². The van der Waals surface area contributed by atoms with E-state index >= 15 is 0 Å². The lowest BCUT2D eigenvalue weighted by atomic mass is 10.2. The van der Waals surface area contributed by atoms with Gasteiger partial charge in [0.2, 0.25) is 5.91 Å². The number of hydrogen-bond acceptors (Lipinski definition) is 3. The molecule has 1 aliphatic heterocycles. The number of carbonyl (C=O) groups is 2. The zero-order valence-electron chi connectivity index (χ0n) is 11.5. The predicted octanol–water partition coefficient (Wildman–Crippen LogP) is 1.48. The van der Waals surface area contributed by atoms with Crippen molar-refractivity contribution in [1.82, 2.24) is 10.2 Å². The van der Waals surface area contributed by atoms with Crippen LogP contribution in [-0.4, -0.2) is 42.5 Å². The molecule has 108 valence electrons. The standard InChI is InChI=1S/C14H17BrN2O3/c1-9-3-4-12(11(15)7-9)20-10(2)14(19)17-6-5-16-13(18)8-17/h3-4,7,10H,5-6,8H2,1-2H3,(H,16,18)/t10-/m1/s1. The summed E-state index contributed by atoms with van der Waals surface area (Å²) in [5, 5.41) is 2.69. The van der Waals surface area contributed by atoms with Crippen LogP contribution in [-0.2, 0) is 9.59 Å². The quantitative estimate of drug-likeness (QED) is 0.906. The highest BCUT2D eigenvalue weighted by Gasteiger charge is 2.26. The fourth-order valence-corrected chi connectivity index (χ4v) is 2.61. The average molecular weight is 341 g/mol. The van der Waals surface area contributed by atoms with Crippen molar-refractivity contribution in [2.45, 2.75) is 20.0 Å². The van der Waals surface area contributed by atoms with Crippen molar-refractivity contribution in [2.75, 3.05) is 19.6 Å². The summed E-state index contributed by atoms with van der Waals surface area (Å²) < 4.78 is 6.49. The second-order valence-corrected chi connectivity index (χ2v) is 5.66. The monoisotopic (exact) mass is 340 g/mol. The number of ether oxygens (including phenoxy) is 1. The molecule has 1 saturated heterocycles. The number of piperazine rings is 1. The summed E-state index contributed by atoms with van der Waals surface area (Å²) in [6.45, 7) is 4.79. The van der Waals surface area contributed by atoms with Gasteiger partial charge in [0, 0.05) is 13.1 Å². The minimum Gasteiger partial charge on any atom is -0.480 e. The van der Waals surface area contributed by atoms with Gasteiger partial charge in [-0.2, -0.15) is 0 Å². The van der Waals surface area contributed by atoms with Gasteiger partial charge < -0.3 is 15.0 Å². The van der Waals surface area contributed by atoms with Gasteiger partial charge in [0.1, 0.15) is 5.75 Å². The maximum absolute atomic E-state index is 12.2. The summed E-state index contributed by atoms with van der Waals surface area (Å²) in [6.07, 6.45) is -0.625. The number of nitrogens with zero attached hydrogens (tertiary/aromatic N) is 1. The molecule has 2 amide bonds. The molecule has 0 bridgehead atoms. The Balaban J connectivity index is 2.01. The molecule has 0 radical (unpaired) electrons. The normalized spacial score (nSPS) is 16.6. The third-order valence-electron chi connectivity index (χ3n) is 3.09. The molecule has 0 aliphatic carbocycles. The second kappa shape index (κ2) is 6.26. The zero-order valence-corrected chi connectivity index (χ0v) is 13.1. The summed E-state index contributed by atoms with van der Waals surface area (Å²) in [6, 6.07) is 5.68. The smallest absolute Gasteiger partial charge is 0.263 e. The molecule has 5 nitrogen and oxygen atoms in total. The van der Waals surface area contributed by atoms with E-state index in [-0.39, 0.29) is 18.4 Å². The first-order valence-corrected chi connectivity index (χ1v) is 7.25. The van der Waals surface area contributed by atoms with E-state index in [4.69, 9.17) is 4.74 Å². The summed E-state index contributed by atoms with van der Waals surface area (Å²) in [7, 11) is 0. The SMILES string of the molecule is Cc1ccc(O[C@H](C)C(=O)N2CCNC(=O)C2)c(Br)c1. The van der Waals surface area contributed by atoms with Crippen molar-refractivity contribution < 1.29 is 14.3 Å². The van der Waals surface area contributed by atoms with E-state index in [1.807, 2.05) is 25.1 Å². The van der Waals surface area contributed by atoms with Gasteiger partial charge >= 0.3 is 0 Å². The predicted molar refractivity (Wildman–Crippen MR) is 78.6 cm³/mol. The lowest BCUT2D eigenvalue weighted by Gasteiger charge is -2.29. The lowest BCUT2D eigenvalue weighted by molar-refractivity contribution is -0.143. The van der Waals surface area contributed by atoms with Crippen LogP contribution in [0.2, 0.25) is 0 Å². The van der Waals surface area contributed by atoms with E-state index in [0.29, 0.717) is 18.8 Å². The van der Waals surface area contributed by atoms with Crippen LogP contribution in [0, 0.1) is 6.92 Å². The van der Waals surface area contributed by atoms with Gasteiger partial charge in [-0.15, -0.1) is 0 Å². The summed E-state index contributed by atoms with van der Waals surface area (Å²) >= 11 is 3.42. The summed E-state index contributed by atoms with van der Waals surface area (Å²) in [5.74, 6) is 0.318. The first-order valence-electron chi connectivity index (χ1n) is 6.45. The van der Waals surface area contributed by atoms with Crippen LogP contribution in [0.5, 0.6) is 5.75 Å². The zero-order chi connectivity index (χ0) is 14.7. The van der Waals surface area contributed by atoms with Crippen molar-refractivity contribution in [3.63, 3.8) is 0 Å². The summed E-state index contributed by atoms with van der Waals surface area (Å²) in [5.41, 5.74) is 1.11. The van der Waals surface area contributed by atoms with Gasteiger partial charge in [-0.1, -0.05) is 6.07 Å². The number of carbonyl (C=O) groups excluding carboxylic acids is 2. The number of benzene rings is 1. The van der Waals surface area contributed by atoms with Crippen LogP contribution in [0.1, 0.15) is 12.5 Å². The molecule has 2 rings (SSSR count). The van der Waals surface area contributed by atoms with Crippen molar-refractivity contribution >= 4 is 27.7 Å². The Morgan fingerprint density at radius 2 is 2.25 bits per heavy atom. The summed E-state index contributed by atoms with van der Waals surface area (Å²) in [4.78, 5) is 25.0. The van der Waals surface area contributed by atoms with Crippen LogP contribution in [0.15, 0.2) is 22.7 Å². The molecule has 1 aromatic carbocycles. The molecule has 1 aliphatic rings. The van der Waals surface area contributed by atoms with E-state index in [9.17, 15) is 9.59 Å².